The Balaban J connectivity index is 1.74. The molecule has 0 atom stereocenters. The number of aromatic nitrogens is 1. The minimum Gasteiger partial charge on any atom is -0.493 e. The fourth-order valence-electron chi connectivity index (χ4n) is 2.82. The van der Waals surface area contributed by atoms with Crippen LogP contribution in [0.1, 0.15) is 16.7 Å². The number of carbonyl (C=O) groups excluding carboxylic acids is 1. The monoisotopic (exact) mass is 324 g/mol. The zero-order valence-electron chi connectivity index (χ0n) is 13.9. The molecule has 5 nitrogen and oxygen atoms in total. The molecule has 0 saturated heterocycles. The average Bonchev–Trinajstić information content (AvgIpc) is 2.65. The molecule has 3 rings (SSSR count). The summed E-state index contributed by atoms with van der Waals surface area (Å²) in [5, 5.41) is 0. The molecule has 5 heteroatoms. The Morgan fingerprint density at radius 2 is 1.96 bits per heavy atom. The summed E-state index contributed by atoms with van der Waals surface area (Å²) in [6, 6.07) is 7.72. The van der Waals surface area contributed by atoms with Gasteiger partial charge in [0.05, 0.1) is 14.2 Å². The van der Waals surface area contributed by atoms with Crippen LogP contribution >= 0.6 is 0 Å². The minimum absolute atomic E-state index is 0.000659. The van der Waals surface area contributed by atoms with Crippen molar-refractivity contribution in [2.75, 3.05) is 20.8 Å². The highest BCUT2D eigenvalue weighted by molar-refractivity contribution is 5.91. The second-order valence-corrected chi connectivity index (χ2v) is 5.61. The minimum atomic E-state index is -0.000659. The number of nitrogens with zero attached hydrogens (tertiary/aromatic N) is 2. The van der Waals surface area contributed by atoms with Crippen molar-refractivity contribution in [2.24, 2.45) is 0 Å². The van der Waals surface area contributed by atoms with Crippen LogP contribution in [0.3, 0.4) is 0 Å². The lowest BCUT2D eigenvalue weighted by Gasteiger charge is -2.28. The first-order valence-electron chi connectivity index (χ1n) is 7.82. The Labute approximate surface area is 141 Å². The van der Waals surface area contributed by atoms with Crippen molar-refractivity contribution < 1.29 is 14.3 Å². The Kier molecular flexibility index (Phi) is 4.79. The van der Waals surface area contributed by atoms with Gasteiger partial charge in [-0.15, -0.1) is 0 Å². The van der Waals surface area contributed by atoms with Crippen molar-refractivity contribution in [3.05, 3.63) is 59.4 Å². The number of hydrogen-bond acceptors (Lipinski definition) is 4. The van der Waals surface area contributed by atoms with Crippen LogP contribution in [-0.2, 0) is 17.8 Å². The molecule has 0 radical (unpaired) electrons. The van der Waals surface area contributed by atoms with Gasteiger partial charge in [0.15, 0.2) is 11.5 Å². The first-order chi connectivity index (χ1) is 11.7. The Morgan fingerprint density at radius 3 is 2.62 bits per heavy atom. The van der Waals surface area contributed by atoms with Crippen molar-refractivity contribution in [3.8, 4) is 11.5 Å². The smallest absolute Gasteiger partial charge is 0.246 e. The van der Waals surface area contributed by atoms with Gasteiger partial charge < -0.3 is 14.4 Å². The first-order valence-corrected chi connectivity index (χ1v) is 7.82. The highest BCUT2D eigenvalue weighted by Crippen LogP contribution is 2.33. The third-order valence-corrected chi connectivity index (χ3v) is 4.13. The lowest BCUT2D eigenvalue weighted by molar-refractivity contribution is -0.126. The molecule has 0 N–H and O–H groups in total. The zero-order chi connectivity index (χ0) is 16.9. The third kappa shape index (κ3) is 3.40. The Morgan fingerprint density at radius 1 is 1.21 bits per heavy atom. The number of pyridine rings is 1. The van der Waals surface area contributed by atoms with Gasteiger partial charge >= 0.3 is 0 Å². The van der Waals surface area contributed by atoms with Crippen molar-refractivity contribution >= 4 is 12.0 Å². The molecule has 1 aromatic heterocycles. The van der Waals surface area contributed by atoms with Gasteiger partial charge in [-0.25, -0.2) is 0 Å². The number of amides is 1. The third-order valence-electron chi connectivity index (χ3n) is 4.13. The van der Waals surface area contributed by atoms with Crippen LogP contribution < -0.4 is 9.47 Å². The summed E-state index contributed by atoms with van der Waals surface area (Å²) in [5.74, 6) is 1.42. The summed E-state index contributed by atoms with van der Waals surface area (Å²) in [7, 11) is 3.25. The van der Waals surface area contributed by atoms with Gasteiger partial charge in [-0.1, -0.05) is 6.07 Å². The van der Waals surface area contributed by atoms with Crippen molar-refractivity contribution in [2.45, 2.75) is 13.0 Å². The van der Waals surface area contributed by atoms with Crippen LogP contribution in [-0.4, -0.2) is 36.6 Å². The SMILES string of the molecule is COc1cc2c(cc1OC)CN(C(=O)/C=C/c1cccnc1)CC2. The van der Waals surface area contributed by atoms with E-state index >= 15 is 0 Å². The fraction of sp³-hybridized carbons (Fsp3) is 0.263. The van der Waals surface area contributed by atoms with Gasteiger partial charge in [0.1, 0.15) is 0 Å². The number of methoxy groups -OCH3 is 2. The fourth-order valence-corrected chi connectivity index (χ4v) is 2.82. The molecule has 1 aliphatic rings. The van der Waals surface area contributed by atoms with E-state index in [9.17, 15) is 4.79 Å². The molecule has 2 aromatic rings. The predicted molar refractivity (Wildman–Crippen MR) is 91.9 cm³/mol. The van der Waals surface area contributed by atoms with E-state index in [2.05, 4.69) is 4.98 Å². The van der Waals surface area contributed by atoms with Crippen molar-refractivity contribution in [1.29, 1.82) is 0 Å². The summed E-state index contributed by atoms with van der Waals surface area (Å²) >= 11 is 0. The maximum Gasteiger partial charge on any atom is 0.246 e. The molecule has 1 aliphatic heterocycles. The second kappa shape index (κ2) is 7.17. The number of carbonyl (C=O) groups is 1. The molecule has 0 unspecified atom stereocenters. The molecule has 0 bridgehead atoms. The van der Waals surface area contributed by atoms with Gasteiger partial charge in [0.25, 0.3) is 0 Å². The number of benzene rings is 1. The van der Waals surface area contributed by atoms with E-state index in [-0.39, 0.29) is 5.91 Å². The van der Waals surface area contributed by atoms with Crippen LogP contribution in [0.2, 0.25) is 0 Å². The highest BCUT2D eigenvalue weighted by atomic mass is 16.5. The summed E-state index contributed by atoms with van der Waals surface area (Å²) in [4.78, 5) is 18.3. The van der Waals surface area contributed by atoms with E-state index in [0.717, 1.165) is 23.3 Å². The largest absolute Gasteiger partial charge is 0.493 e. The van der Waals surface area contributed by atoms with Gasteiger partial charge in [-0.3, -0.25) is 9.78 Å². The molecule has 1 amide bonds. The number of ether oxygens (including phenoxy) is 2. The predicted octanol–water partition coefficient (Wildman–Crippen LogP) is 2.70. The summed E-state index contributed by atoms with van der Waals surface area (Å²) in [6.45, 7) is 1.27. The molecule has 0 fully saturated rings. The van der Waals surface area contributed by atoms with E-state index in [4.69, 9.17) is 9.47 Å². The standard InChI is InChI=1S/C19H20N2O3/c1-23-17-10-15-7-9-21(13-16(15)11-18(17)24-2)19(22)6-5-14-4-3-8-20-12-14/h3-6,8,10-12H,7,9,13H2,1-2H3/b6-5+. The number of hydrogen-bond donors (Lipinski definition) is 0. The molecule has 24 heavy (non-hydrogen) atoms. The average molecular weight is 324 g/mol. The van der Waals surface area contributed by atoms with Crippen LogP contribution in [0, 0.1) is 0 Å². The van der Waals surface area contributed by atoms with Gasteiger partial charge in [-0.05, 0) is 47.4 Å². The quantitative estimate of drug-likeness (QED) is 0.812. The van der Waals surface area contributed by atoms with Gasteiger partial charge in [0.2, 0.25) is 5.91 Å². The topological polar surface area (TPSA) is 51.7 Å². The normalized spacial score (nSPS) is 13.7. The summed E-state index contributed by atoms with van der Waals surface area (Å²) < 4.78 is 10.7. The van der Waals surface area contributed by atoms with Crippen LogP contribution in [0.25, 0.3) is 6.08 Å². The van der Waals surface area contributed by atoms with Crippen LogP contribution in [0.15, 0.2) is 42.7 Å². The van der Waals surface area contributed by atoms with E-state index < -0.39 is 0 Å². The molecular formula is C19H20N2O3. The van der Waals surface area contributed by atoms with Crippen LogP contribution in [0.5, 0.6) is 11.5 Å². The van der Waals surface area contributed by atoms with Crippen molar-refractivity contribution in [3.63, 3.8) is 0 Å². The zero-order valence-corrected chi connectivity index (χ0v) is 13.9. The highest BCUT2D eigenvalue weighted by Gasteiger charge is 2.21. The van der Waals surface area contributed by atoms with Gasteiger partial charge in [0, 0.05) is 31.6 Å². The molecule has 2 heterocycles. The Hall–Kier alpha value is -2.82. The summed E-state index contributed by atoms with van der Waals surface area (Å²) in [5.41, 5.74) is 3.21. The molecule has 0 saturated carbocycles. The molecule has 0 aliphatic carbocycles. The van der Waals surface area contributed by atoms with E-state index in [0.29, 0.717) is 18.8 Å². The number of fused-ring (bicyclic) bond motifs is 1. The molecule has 1 aromatic carbocycles. The van der Waals surface area contributed by atoms with Crippen LogP contribution in [0.4, 0.5) is 0 Å². The maximum atomic E-state index is 12.4. The molecular weight excluding hydrogens is 304 g/mol. The molecule has 124 valence electrons. The lowest BCUT2D eigenvalue weighted by Crippen LogP contribution is -2.34. The van der Waals surface area contributed by atoms with Crippen molar-refractivity contribution in [1.82, 2.24) is 9.88 Å². The molecule has 0 spiro atoms. The maximum absolute atomic E-state index is 12.4. The Bertz CT molecular complexity index is 757. The lowest BCUT2D eigenvalue weighted by atomic mass is 9.98. The van der Waals surface area contributed by atoms with E-state index in [1.54, 1.807) is 38.8 Å². The van der Waals surface area contributed by atoms with Gasteiger partial charge in [-0.2, -0.15) is 0 Å². The first kappa shape index (κ1) is 16.1. The van der Waals surface area contributed by atoms with E-state index in [1.807, 2.05) is 29.2 Å². The number of rotatable bonds is 4. The van der Waals surface area contributed by atoms with E-state index in [1.165, 1.54) is 5.56 Å². The second-order valence-electron chi connectivity index (χ2n) is 5.61. The summed E-state index contributed by atoms with van der Waals surface area (Å²) in [6.07, 6.45) is 7.64.